The highest BCUT2D eigenvalue weighted by atomic mass is 16.2. The van der Waals surface area contributed by atoms with E-state index in [1.54, 1.807) is 0 Å². The third-order valence-electron chi connectivity index (χ3n) is 6.17. The Morgan fingerprint density at radius 1 is 0.920 bits per heavy atom. The number of hydrogen-bond acceptors (Lipinski definition) is 2. The summed E-state index contributed by atoms with van der Waals surface area (Å²) in [7, 11) is 0. The van der Waals surface area contributed by atoms with Crippen molar-refractivity contribution in [1.29, 1.82) is 0 Å². The van der Waals surface area contributed by atoms with Crippen LogP contribution in [0.15, 0.2) is 24.3 Å². The van der Waals surface area contributed by atoms with Gasteiger partial charge >= 0.3 is 0 Å². The Bertz CT molecular complexity index is 645. The van der Waals surface area contributed by atoms with Crippen molar-refractivity contribution in [2.75, 3.05) is 0 Å². The number of nitrogens with zero attached hydrogens (tertiary/aromatic N) is 1. The van der Waals surface area contributed by atoms with Crippen molar-refractivity contribution in [2.45, 2.75) is 82.3 Å². The predicted molar refractivity (Wildman–Crippen MR) is 97.2 cm³/mol. The standard InChI is InChI=1S/C21H28N2O2/c24-20(22-15-9-3-1-4-10-15)19-17-13-7-8-14-18(17)21(25)23(19)16-11-5-2-6-12-16/h7-8,13-16,19H,1-6,9-12H2,(H,22,24). The summed E-state index contributed by atoms with van der Waals surface area (Å²) in [5.41, 5.74) is 1.61. The zero-order valence-electron chi connectivity index (χ0n) is 14.9. The molecule has 0 radical (unpaired) electrons. The topological polar surface area (TPSA) is 49.4 Å². The number of fused-ring (bicyclic) bond motifs is 1. The maximum Gasteiger partial charge on any atom is 0.255 e. The van der Waals surface area contributed by atoms with Gasteiger partial charge in [0.15, 0.2) is 0 Å². The van der Waals surface area contributed by atoms with E-state index < -0.39 is 6.04 Å². The minimum atomic E-state index is -0.436. The second-order valence-electron chi connectivity index (χ2n) is 7.84. The quantitative estimate of drug-likeness (QED) is 0.905. The second-order valence-corrected chi connectivity index (χ2v) is 7.84. The molecule has 1 N–H and O–H groups in total. The number of benzene rings is 1. The highest BCUT2D eigenvalue weighted by Crippen LogP contribution is 2.39. The normalized spacial score (nSPS) is 25.0. The van der Waals surface area contributed by atoms with Crippen LogP contribution in [-0.4, -0.2) is 28.8 Å². The summed E-state index contributed by atoms with van der Waals surface area (Å²) in [6.45, 7) is 0. The van der Waals surface area contributed by atoms with Crippen molar-refractivity contribution >= 4 is 11.8 Å². The van der Waals surface area contributed by atoms with E-state index in [9.17, 15) is 9.59 Å². The summed E-state index contributed by atoms with van der Waals surface area (Å²) in [4.78, 5) is 28.1. The van der Waals surface area contributed by atoms with Crippen LogP contribution in [0.25, 0.3) is 0 Å². The van der Waals surface area contributed by atoms with E-state index in [0.29, 0.717) is 0 Å². The highest BCUT2D eigenvalue weighted by Gasteiger charge is 2.44. The van der Waals surface area contributed by atoms with E-state index in [4.69, 9.17) is 0 Å². The van der Waals surface area contributed by atoms with Gasteiger partial charge in [-0.2, -0.15) is 0 Å². The summed E-state index contributed by atoms with van der Waals surface area (Å²) in [5, 5.41) is 3.26. The van der Waals surface area contributed by atoms with Crippen molar-refractivity contribution in [3.63, 3.8) is 0 Å². The van der Waals surface area contributed by atoms with Gasteiger partial charge in [0, 0.05) is 17.6 Å². The maximum absolute atomic E-state index is 13.2. The minimum Gasteiger partial charge on any atom is -0.351 e. The molecule has 1 aromatic rings. The van der Waals surface area contributed by atoms with Gasteiger partial charge in [-0.3, -0.25) is 9.59 Å². The summed E-state index contributed by atoms with van der Waals surface area (Å²) in [6.07, 6.45) is 11.4. The number of nitrogens with one attached hydrogen (secondary N) is 1. The molecule has 1 atom stereocenters. The Kier molecular flexibility index (Phi) is 4.78. The molecule has 4 heteroatoms. The van der Waals surface area contributed by atoms with E-state index in [-0.39, 0.29) is 23.9 Å². The second kappa shape index (κ2) is 7.19. The third kappa shape index (κ3) is 3.19. The van der Waals surface area contributed by atoms with Crippen LogP contribution in [0.3, 0.4) is 0 Å². The van der Waals surface area contributed by atoms with Crippen molar-refractivity contribution in [2.24, 2.45) is 0 Å². The number of hydrogen-bond donors (Lipinski definition) is 1. The van der Waals surface area contributed by atoms with Crippen LogP contribution in [0.1, 0.15) is 86.2 Å². The molecule has 2 fully saturated rings. The molecule has 134 valence electrons. The summed E-state index contributed by atoms with van der Waals surface area (Å²) in [5.74, 6) is 0.0714. The van der Waals surface area contributed by atoms with Gasteiger partial charge in [0.1, 0.15) is 6.04 Å². The van der Waals surface area contributed by atoms with E-state index >= 15 is 0 Å². The lowest BCUT2D eigenvalue weighted by molar-refractivity contribution is -0.127. The van der Waals surface area contributed by atoms with E-state index in [1.807, 2.05) is 29.2 Å². The third-order valence-corrected chi connectivity index (χ3v) is 6.17. The first-order valence-corrected chi connectivity index (χ1v) is 9.97. The molecule has 2 saturated carbocycles. The van der Waals surface area contributed by atoms with Crippen molar-refractivity contribution < 1.29 is 9.59 Å². The Morgan fingerprint density at radius 3 is 2.28 bits per heavy atom. The SMILES string of the molecule is O=C(NC1CCCCC1)C1c2ccccc2C(=O)N1C1CCCCC1. The van der Waals surface area contributed by atoms with Gasteiger partial charge in [-0.25, -0.2) is 0 Å². The summed E-state index contributed by atoms with van der Waals surface area (Å²) >= 11 is 0. The lowest BCUT2D eigenvalue weighted by atomic mass is 9.92. The van der Waals surface area contributed by atoms with E-state index in [2.05, 4.69) is 5.32 Å². The Morgan fingerprint density at radius 2 is 1.56 bits per heavy atom. The van der Waals surface area contributed by atoms with E-state index in [1.165, 1.54) is 25.7 Å². The molecule has 1 aromatic carbocycles. The monoisotopic (exact) mass is 340 g/mol. The summed E-state index contributed by atoms with van der Waals surface area (Å²) < 4.78 is 0. The first kappa shape index (κ1) is 16.6. The van der Waals surface area contributed by atoms with Crippen molar-refractivity contribution in [3.05, 3.63) is 35.4 Å². The van der Waals surface area contributed by atoms with Crippen LogP contribution in [-0.2, 0) is 4.79 Å². The molecule has 2 aliphatic carbocycles. The maximum atomic E-state index is 13.2. The fourth-order valence-electron chi connectivity index (χ4n) is 4.87. The van der Waals surface area contributed by atoms with Gasteiger partial charge in [0.2, 0.25) is 5.91 Å². The largest absolute Gasteiger partial charge is 0.351 e. The number of carbonyl (C=O) groups is 2. The van der Waals surface area contributed by atoms with Crippen LogP contribution in [0.4, 0.5) is 0 Å². The number of carbonyl (C=O) groups excluding carboxylic acids is 2. The minimum absolute atomic E-state index is 0.0239. The fraction of sp³-hybridized carbons (Fsp3) is 0.619. The Hall–Kier alpha value is -1.84. The van der Waals surface area contributed by atoms with Crippen LogP contribution in [0, 0.1) is 0 Å². The molecular weight excluding hydrogens is 312 g/mol. The van der Waals surface area contributed by atoms with Crippen LogP contribution >= 0.6 is 0 Å². The molecule has 1 heterocycles. The smallest absolute Gasteiger partial charge is 0.255 e. The molecule has 4 nitrogen and oxygen atoms in total. The molecule has 0 bridgehead atoms. The molecule has 0 aromatic heterocycles. The van der Waals surface area contributed by atoms with Gasteiger partial charge in [-0.15, -0.1) is 0 Å². The molecule has 1 aliphatic heterocycles. The lowest BCUT2D eigenvalue weighted by Gasteiger charge is -2.36. The van der Waals surface area contributed by atoms with Crippen LogP contribution in [0.2, 0.25) is 0 Å². The Balaban J connectivity index is 1.60. The zero-order valence-corrected chi connectivity index (χ0v) is 14.9. The number of amides is 2. The molecular formula is C21H28N2O2. The molecule has 0 spiro atoms. The van der Waals surface area contributed by atoms with Gasteiger partial charge in [-0.1, -0.05) is 56.7 Å². The molecule has 2 amide bonds. The highest BCUT2D eigenvalue weighted by molar-refractivity contribution is 6.04. The molecule has 0 saturated heterocycles. The number of rotatable bonds is 3. The first-order chi connectivity index (χ1) is 12.3. The van der Waals surface area contributed by atoms with E-state index in [0.717, 1.165) is 49.7 Å². The average molecular weight is 340 g/mol. The average Bonchev–Trinajstić information content (AvgIpc) is 2.96. The van der Waals surface area contributed by atoms with Crippen LogP contribution in [0.5, 0.6) is 0 Å². The first-order valence-electron chi connectivity index (χ1n) is 9.97. The van der Waals surface area contributed by atoms with Gasteiger partial charge < -0.3 is 10.2 Å². The van der Waals surface area contributed by atoms with Crippen molar-refractivity contribution in [1.82, 2.24) is 10.2 Å². The van der Waals surface area contributed by atoms with Gasteiger partial charge in [0.25, 0.3) is 5.91 Å². The van der Waals surface area contributed by atoms with Gasteiger partial charge in [0.05, 0.1) is 0 Å². The van der Waals surface area contributed by atoms with Gasteiger partial charge in [-0.05, 0) is 37.3 Å². The predicted octanol–water partition coefficient (Wildman–Crippen LogP) is 3.97. The van der Waals surface area contributed by atoms with Crippen molar-refractivity contribution in [3.8, 4) is 0 Å². The molecule has 1 unspecified atom stereocenters. The lowest BCUT2D eigenvalue weighted by Crippen LogP contribution is -2.47. The molecule has 3 aliphatic rings. The fourth-order valence-corrected chi connectivity index (χ4v) is 4.87. The Labute approximate surface area is 150 Å². The molecule has 25 heavy (non-hydrogen) atoms. The molecule has 4 rings (SSSR count). The van der Waals surface area contributed by atoms with Crippen LogP contribution < -0.4 is 5.32 Å². The summed E-state index contributed by atoms with van der Waals surface area (Å²) in [6, 6.07) is 7.72. The zero-order chi connectivity index (χ0) is 17.2.